The second kappa shape index (κ2) is 9.35. The van der Waals surface area contributed by atoms with Crippen LogP contribution in [-0.4, -0.2) is 61.4 Å². The lowest BCUT2D eigenvalue weighted by Crippen LogP contribution is -2.50. The Morgan fingerprint density at radius 2 is 1.68 bits per heavy atom. The van der Waals surface area contributed by atoms with Gasteiger partial charge in [0.15, 0.2) is 0 Å². The quantitative estimate of drug-likeness (QED) is 0.610. The van der Waals surface area contributed by atoms with Gasteiger partial charge in [-0.05, 0) is 49.2 Å². The molecule has 0 aromatic heterocycles. The van der Waals surface area contributed by atoms with E-state index < -0.39 is 11.4 Å². The van der Waals surface area contributed by atoms with E-state index in [9.17, 15) is 14.4 Å². The highest BCUT2D eigenvalue weighted by Gasteiger charge is 2.53. The lowest BCUT2D eigenvalue weighted by atomic mass is 10.1. The number of carbonyl (C=O) groups is 3. The summed E-state index contributed by atoms with van der Waals surface area (Å²) in [5.74, 6) is -0.563. The van der Waals surface area contributed by atoms with Gasteiger partial charge in [-0.2, -0.15) is 0 Å². The summed E-state index contributed by atoms with van der Waals surface area (Å²) in [4.78, 5) is 43.4. The molecule has 0 radical (unpaired) electrons. The molecule has 2 aromatic carbocycles. The molecule has 1 aliphatic carbocycles. The normalized spacial score (nSPS) is 16.7. The summed E-state index contributed by atoms with van der Waals surface area (Å²) < 4.78 is 0. The van der Waals surface area contributed by atoms with Gasteiger partial charge in [-0.1, -0.05) is 23.2 Å². The molecule has 0 spiro atoms. The van der Waals surface area contributed by atoms with Crippen molar-refractivity contribution < 1.29 is 14.4 Å². The number of anilines is 3. The molecule has 8 nitrogen and oxygen atoms in total. The zero-order valence-electron chi connectivity index (χ0n) is 19.1. The molecular weight excluding hydrogens is 477 g/mol. The van der Waals surface area contributed by atoms with Crippen molar-refractivity contribution in [2.75, 3.05) is 48.8 Å². The highest BCUT2D eigenvalue weighted by molar-refractivity contribution is 6.42. The molecule has 34 heavy (non-hydrogen) atoms. The Labute approximate surface area is 208 Å². The van der Waals surface area contributed by atoms with Crippen molar-refractivity contribution in [3.8, 4) is 0 Å². The Morgan fingerprint density at radius 3 is 2.26 bits per heavy atom. The third-order valence-corrected chi connectivity index (χ3v) is 7.22. The van der Waals surface area contributed by atoms with E-state index in [0.29, 0.717) is 66.0 Å². The Kier molecular flexibility index (Phi) is 6.64. The fourth-order valence-corrected chi connectivity index (χ4v) is 4.44. The molecule has 3 amide bonds. The van der Waals surface area contributed by atoms with E-state index in [0.717, 1.165) is 5.69 Å². The van der Waals surface area contributed by atoms with Crippen LogP contribution in [0, 0.1) is 0 Å². The summed E-state index contributed by atoms with van der Waals surface area (Å²) in [6.07, 6.45) is 1.08. The molecule has 1 aliphatic heterocycles. The molecule has 0 atom stereocenters. The van der Waals surface area contributed by atoms with Gasteiger partial charge in [0, 0.05) is 57.2 Å². The van der Waals surface area contributed by atoms with Crippen LogP contribution in [0.2, 0.25) is 10.0 Å². The van der Waals surface area contributed by atoms with Gasteiger partial charge in [0.05, 0.1) is 15.6 Å². The van der Waals surface area contributed by atoms with Gasteiger partial charge in [0.1, 0.15) is 5.54 Å². The fourth-order valence-electron chi connectivity index (χ4n) is 4.15. The minimum Gasteiger partial charge on any atom is -0.398 e. The zero-order chi connectivity index (χ0) is 24.6. The number of hydrogen-bond acceptors (Lipinski definition) is 5. The minimum absolute atomic E-state index is 0.0576. The lowest BCUT2D eigenvalue weighted by molar-refractivity contribution is -0.129. The van der Waals surface area contributed by atoms with E-state index >= 15 is 0 Å². The monoisotopic (exact) mass is 503 g/mol. The third kappa shape index (κ3) is 4.79. The molecule has 1 saturated carbocycles. The number of likely N-dealkylation sites (N-methyl/N-ethyl adjacent to an activating group) is 1. The summed E-state index contributed by atoms with van der Waals surface area (Å²) >= 11 is 12.1. The van der Waals surface area contributed by atoms with Crippen molar-refractivity contribution in [2.24, 2.45) is 0 Å². The van der Waals surface area contributed by atoms with Gasteiger partial charge < -0.3 is 25.8 Å². The first-order valence-corrected chi connectivity index (χ1v) is 11.8. The highest BCUT2D eigenvalue weighted by atomic mass is 35.5. The molecule has 3 N–H and O–H groups in total. The molecule has 0 unspecified atom stereocenters. The van der Waals surface area contributed by atoms with Crippen LogP contribution in [0.25, 0.3) is 0 Å². The molecule has 2 aliphatic rings. The van der Waals surface area contributed by atoms with Crippen LogP contribution in [0.3, 0.4) is 0 Å². The number of nitrogens with two attached hydrogens (primary N) is 1. The summed E-state index contributed by atoms with van der Waals surface area (Å²) in [6, 6.07) is 10.3. The lowest BCUT2D eigenvalue weighted by Gasteiger charge is -2.35. The first-order valence-electron chi connectivity index (χ1n) is 11.1. The van der Waals surface area contributed by atoms with Crippen molar-refractivity contribution in [3.63, 3.8) is 0 Å². The standard InChI is InChI=1S/C24H27Cl2N5O3/c1-15(32)30-9-11-31(12-10-30)17-4-6-21(27)18(13-17)22(33)28-24(7-8-24)23(34)29(2)16-3-5-19(25)20(26)14-16/h3-6,13-14H,7-12,27H2,1-2H3,(H,28,33). The number of carbonyl (C=O) groups excluding carboxylic acids is 3. The molecule has 180 valence electrons. The first kappa shape index (κ1) is 24.2. The predicted molar refractivity (Wildman–Crippen MR) is 135 cm³/mol. The largest absolute Gasteiger partial charge is 0.398 e. The SMILES string of the molecule is CC(=O)N1CCN(c2ccc(N)c(C(=O)NC3(C(=O)N(C)c4ccc(Cl)c(Cl)c4)CC3)c2)CC1. The maximum absolute atomic E-state index is 13.2. The van der Waals surface area contributed by atoms with E-state index in [1.54, 1.807) is 49.2 Å². The van der Waals surface area contributed by atoms with Crippen LogP contribution in [-0.2, 0) is 9.59 Å². The molecule has 0 bridgehead atoms. The van der Waals surface area contributed by atoms with Crippen molar-refractivity contribution >= 4 is 58.0 Å². The molecule has 2 fully saturated rings. The van der Waals surface area contributed by atoms with Crippen molar-refractivity contribution in [3.05, 3.63) is 52.0 Å². The van der Waals surface area contributed by atoms with E-state index in [-0.39, 0.29) is 11.8 Å². The number of nitrogen functional groups attached to an aromatic ring is 1. The van der Waals surface area contributed by atoms with E-state index in [2.05, 4.69) is 10.2 Å². The first-order chi connectivity index (χ1) is 16.1. The second-order valence-corrected chi connectivity index (χ2v) is 9.58. The highest BCUT2D eigenvalue weighted by Crippen LogP contribution is 2.39. The molecular formula is C24H27Cl2N5O3. The number of halogens is 2. The van der Waals surface area contributed by atoms with E-state index in [1.807, 2.05) is 6.07 Å². The topological polar surface area (TPSA) is 99.0 Å². The fraction of sp³-hybridized carbons (Fsp3) is 0.375. The molecule has 10 heteroatoms. The maximum atomic E-state index is 13.2. The number of amides is 3. The number of nitrogens with one attached hydrogen (secondary N) is 1. The summed E-state index contributed by atoms with van der Waals surface area (Å²) in [6.45, 7) is 4.15. The van der Waals surface area contributed by atoms with Crippen LogP contribution >= 0.6 is 23.2 Å². The van der Waals surface area contributed by atoms with Gasteiger partial charge in [-0.15, -0.1) is 0 Å². The smallest absolute Gasteiger partial charge is 0.254 e. The second-order valence-electron chi connectivity index (χ2n) is 8.76. The van der Waals surface area contributed by atoms with Gasteiger partial charge in [0.2, 0.25) is 5.91 Å². The predicted octanol–water partition coefficient (Wildman–Crippen LogP) is 3.17. The van der Waals surface area contributed by atoms with Gasteiger partial charge in [0.25, 0.3) is 11.8 Å². The maximum Gasteiger partial charge on any atom is 0.254 e. The van der Waals surface area contributed by atoms with Crippen molar-refractivity contribution in [2.45, 2.75) is 25.3 Å². The number of piperazine rings is 1. The van der Waals surface area contributed by atoms with Crippen LogP contribution in [0.1, 0.15) is 30.1 Å². The Bertz CT molecular complexity index is 1140. The summed E-state index contributed by atoms with van der Waals surface area (Å²) in [7, 11) is 1.64. The number of benzene rings is 2. The Morgan fingerprint density at radius 1 is 1.00 bits per heavy atom. The third-order valence-electron chi connectivity index (χ3n) is 6.48. The number of nitrogens with zero attached hydrogens (tertiary/aromatic N) is 3. The van der Waals surface area contributed by atoms with Gasteiger partial charge in [-0.3, -0.25) is 14.4 Å². The van der Waals surface area contributed by atoms with Crippen molar-refractivity contribution in [1.29, 1.82) is 0 Å². The van der Waals surface area contributed by atoms with Crippen LogP contribution < -0.4 is 20.9 Å². The molecule has 1 saturated heterocycles. The zero-order valence-corrected chi connectivity index (χ0v) is 20.6. The minimum atomic E-state index is -0.979. The van der Waals surface area contributed by atoms with Crippen LogP contribution in [0.5, 0.6) is 0 Å². The average Bonchev–Trinajstić information content (AvgIpc) is 3.60. The Balaban J connectivity index is 1.48. The van der Waals surface area contributed by atoms with Crippen LogP contribution in [0.4, 0.5) is 17.1 Å². The van der Waals surface area contributed by atoms with E-state index in [4.69, 9.17) is 28.9 Å². The summed E-state index contributed by atoms with van der Waals surface area (Å²) in [5, 5.41) is 3.66. The number of rotatable bonds is 5. The van der Waals surface area contributed by atoms with Gasteiger partial charge >= 0.3 is 0 Å². The van der Waals surface area contributed by atoms with Crippen LogP contribution in [0.15, 0.2) is 36.4 Å². The summed E-state index contributed by atoms with van der Waals surface area (Å²) in [5.41, 5.74) is 7.25. The average molecular weight is 504 g/mol. The molecule has 4 rings (SSSR count). The van der Waals surface area contributed by atoms with Gasteiger partial charge in [-0.25, -0.2) is 0 Å². The molecule has 2 aromatic rings. The van der Waals surface area contributed by atoms with Crippen molar-refractivity contribution in [1.82, 2.24) is 10.2 Å². The number of hydrogen-bond donors (Lipinski definition) is 2. The van der Waals surface area contributed by atoms with E-state index in [1.165, 1.54) is 4.90 Å². The Hall–Kier alpha value is -2.97. The molecule has 1 heterocycles.